The van der Waals surface area contributed by atoms with Crippen molar-refractivity contribution in [2.45, 2.75) is 38.0 Å². The minimum absolute atomic E-state index is 0. The van der Waals surface area contributed by atoms with Gasteiger partial charge in [0.15, 0.2) is 0 Å². The van der Waals surface area contributed by atoms with Crippen LogP contribution in [0, 0.1) is 5.41 Å². The van der Waals surface area contributed by atoms with Gasteiger partial charge in [-0.05, 0) is 43.6 Å². The highest BCUT2D eigenvalue weighted by Gasteiger charge is 2.41. The van der Waals surface area contributed by atoms with Gasteiger partial charge in [0.05, 0.1) is 5.41 Å². The highest BCUT2D eigenvalue weighted by Crippen LogP contribution is 2.34. The van der Waals surface area contributed by atoms with Crippen molar-refractivity contribution in [1.82, 2.24) is 4.90 Å². The summed E-state index contributed by atoms with van der Waals surface area (Å²) in [6.07, 6.45) is 4.81. The lowest BCUT2D eigenvalue weighted by atomic mass is 9.79. The first kappa shape index (κ1) is 19.2. The Morgan fingerprint density at radius 1 is 1.17 bits per heavy atom. The van der Waals surface area contributed by atoms with Crippen LogP contribution in [0.4, 0.5) is 0 Å². The number of likely N-dealkylation sites (tertiary alicyclic amines) is 1. The SMILES string of the molecule is Cl.NCC1(C(=O)N2CCCC(c3ccccc3)CC2)CCOCC1. The van der Waals surface area contributed by atoms with E-state index in [1.165, 1.54) is 5.56 Å². The van der Waals surface area contributed by atoms with Crippen molar-refractivity contribution in [1.29, 1.82) is 0 Å². The van der Waals surface area contributed by atoms with Crippen molar-refractivity contribution in [2.75, 3.05) is 32.8 Å². The summed E-state index contributed by atoms with van der Waals surface area (Å²) in [6, 6.07) is 10.7. The molecule has 3 rings (SSSR count). The molecule has 0 spiro atoms. The fourth-order valence-electron chi connectivity index (χ4n) is 3.96. The van der Waals surface area contributed by atoms with E-state index in [0.29, 0.717) is 25.7 Å². The maximum absolute atomic E-state index is 13.1. The largest absolute Gasteiger partial charge is 0.381 e. The first-order chi connectivity index (χ1) is 11.2. The van der Waals surface area contributed by atoms with E-state index in [9.17, 15) is 4.79 Å². The summed E-state index contributed by atoms with van der Waals surface area (Å²) in [5.74, 6) is 0.828. The number of carbonyl (C=O) groups excluding carboxylic acids is 1. The molecule has 1 atom stereocenters. The number of rotatable bonds is 3. The standard InChI is InChI=1S/C19H28N2O2.ClH/c20-15-19(9-13-23-14-10-19)18(22)21-11-4-7-17(8-12-21)16-5-2-1-3-6-16;/h1-3,5-6,17H,4,7-15,20H2;1H. The molecule has 0 radical (unpaired) electrons. The van der Waals surface area contributed by atoms with Crippen LogP contribution in [-0.4, -0.2) is 43.7 Å². The van der Waals surface area contributed by atoms with E-state index >= 15 is 0 Å². The second kappa shape index (κ2) is 8.84. The molecule has 2 heterocycles. The Morgan fingerprint density at radius 3 is 2.54 bits per heavy atom. The number of carbonyl (C=O) groups is 1. The van der Waals surface area contributed by atoms with Crippen LogP contribution in [0.2, 0.25) is 0 Å². The van der Waals surface area contributed by atoms with Gasteiger partial charge >= 0.3 is 0 Å². The molecule has 5 heteroatoms. The quantitative estimate of drug-likeness (QED) is 0.909. The molecule has 0 saturated carbocycles. The summed E-state index contributed by atoms with van der Waals surface area (Å²) in [4.78, 5) is 15.2. The summed E-state index contributed by atoms with van der Waals surface area (Å²) in [6.45, 7) is 3.46. The molecule has 2 aliphatic rings. The van der Waals surface area contributed by atoms with Crippen LogP contribution in [-0.2, 0) is 9.53 Å². The molecule has 2 fully saturated rings. The minimum atomic E-state index is -0.384. The third kappa shape index (κ3) is 4.11. The number of nitrogens with zero attached hydrogens (tertiary/aromatic N) is 1. The number of amides is 1. The Hall–Kier alpha value is -1.10. The van der Waals surface area contributed by atoms with E-state index in [2.05, 4.69) is 35.2 Å². The third-order valence-electron chi connectivity index (χ3n) is 5.58. The van der Waals surface area contributed by atoms with Gasteiger partial charge in [0.2, 0.25) is 5.91 Å². The Bertz CT molecular complexity index is 517. The van der Waals surface area contributed by atoms with E-state index in [1.807, 2.05) is 0 Å². The lowest BCUT2D eigenvalue weighted by molar-refractivity contribution is -0.147. The van der Waals surface area contributed by atoms with Crippen LogP contribution in [0.1, 0.15) is 43.6 Å². The molecule has 134 valence electrons. The Kier molecular flexibility index (Phi) is 7.08. The number of nitrogens with two attached hydrogens (primary N) is 1. The van der Waals surface area contributed by atoms with Crippen LogP contribution in [0.15, 0.2) is 30.3 Å². The van der Waals surface area contributed by atoms with E-state index in [0.717, 1.165) is 45.2 Å². The van der Waals surface area contributed by atoms with Gasteiger partial charge < -0.3 is 15.4 Å². The number of benzene rings is 1. The van der Waals surface area contributed by atoms with Gasteiger partial charge in [0.25, 0.3) is 0 Å². The van der Waals surface area contributed by atoms with E-state index in [1.54, 1.807) is 0 Å². The fraction of sp³-hybridized carbons (Fsp3) is 0.632. The van der Waals surface area contributed by atoms with Crippen LogP contribution < -0.4 is 5.73 Å². The normalized spacial score (nSPS) is 23.9. The van der Waals surface area contributed by atoms with E-state index in [4.69, 9.17) is 10.5 Å². The van der Waals surface area contributed by atoms with Crippen molar-refractivity contribution >= 4 is 18.3 Å². The van der Waals surface area contributed by atoms with Crippen LogP contribution in [0.25, 0.3) is 0 Å². The lowest BCUT2D eigenvalue weighted by Crippen LogP contribution is -2.51. The van der Waals surface area contributed by atoms with E-state index in [-0.39, 0.29) is 23.7 Å². The van der Waals surface area contributed by atoms with Gasteiger partial charge in [-0.15, -0.1) is 12.4 Å². The zero-order valence-corrected chi connectivity index (χ0v) is 15.1. The van der Waals surface area contributed by atoms with Crippen molar-refractivity contribution in [2.24, 2.45) is 11.1 Å². The first-order valence-electron chi connectivity index (χ1n) is 8.87. The predicted molar refractivity (Wildman–Crippen MR) is 98.4 cm³/mol. The molecule has 1 aromatic carbocycles. The maximum Gasteiger partial charge on any atom is 0.230 e. The highest BCUT2D eigenvalue weighted by atomic mass is 35.5. The third-order valence-corrected chi connectivity index (χ3v) is 5.58. The summed E-state index contributed by atoms with van der Waals surface area (Å²) in [7, 11) is 0. The zero-order valence-electron chi connectivity index (χ0n) is 14.3. The van der Waals surface area contributed by atoms with Gasteiger partial charge in [-0.3, -0.25) is 4.79 Å². The van der Waals surface area contributed by atoms with Crippen LogP contribution >= 0.6 is 12.4 Å². The minimum Gasteiger partial charge on any atom is -0.381 e. The Labute approximate surface area is 151 Å². The monoisotopic (exact) mass is 352 g/mol. The van der Waals surface area contributed by atoms with Crippen molar-refractivity contribution < 1.29 is 9.53 Å². The smallest absolute Gasteiger partial charge is 0.230 e. The highest BCUT2D eigenvalue weighted by molar-refractivity contribution is 5.85. The average molecular weight is 353 g/mol. The van der Waals surface area contributed by atoms with Crippen molar-refractivity contribution in [3.8, 4) is 0 Å². The molecule has 2 saturated heterocycles. The molecule has 1 amide bonds. The zero-order chi connectivity index (χ0) is 16.1. The average Bonchev–Trinajstić information content (AvgIpc) is 2.88. The van der Waals surface area contributed by atoms with Crippen LogP contribution in [0.3, 0.4) is 0 Å². The summed E-state index contributed by atoms with van der Waals surface area (Å²) >= 11 is 0. The molecule has 2 N–H and O–H groups in total. The fourth-order valence-corrected chi connectivity index (χ4v) is 3.96. The lowest BCUT2D eigenvalue weighted by Gasteiger charge is -2.38. The van der Waals surface area contributed by atoms with Crippen molar-refractivity contribution in [3.05, 3.63) is 35.9 Å². The summed E-state index contributed by atoms with van der Waals surface area (Å²) in [5, 5.41) is 0. The Balaban J connectivity index is 0.00000208. The molecule has 1 unspecified atom stereocenters. The van der Waals surface area contributed by atoms with Crippen molar-refractivity contribution in [3.63, 3.8) is 0 Å². The van der Waals surface area contributed by atoms with Gasteiger partial charge in [-0.1, -0.05) is 30.3 Å². The first-order valence-corrected chi connectivity index (χ1v) is 8.87. The van der Waals surface area contributed by atoms with Gasteiger partial charge in [0.1, 0.15) is 0 Å². The number of hydrogen-bond donors (Lipinski definition) is 1. The van der Waals surface area contributed by atoms with Gasteiger partial charge in [0, 0.05) is 32.8 Å². The second-order valence-electron chi connectivity index (χ2n) is 6.93. The molecule has 4 nitrogen and oxygen atoms in total. The summed E-state index contributed by atoms with van der Waals surface area (Å²) < 4.78 is 5.44. The molecule has 0 bridgehead atoms. The van der Waals surface area contributed by atoms with Crippen LogP contribution in [0.5, 0.6) is 0 Å². The second-order valence-corrected chi connectivity index (χ2v) is 6.93. The number of halogens is 1. The topological polar surface area (TPSA) is 55.6 Å². The number of hydrogen-bond acceptors (Lipinski definition) is 3. The summed E-state index contributed by atoms with van der Waals surface area (Å²) in [5.41, 5.74) is 7.02. The molecule has 2 aliphatic heterocycles. The van der Waals surface area contributed by atoms with E-state index < -0.39 is 0 Å². The van der Waals surface area contributed by atoms with Gasteiger partial charge in [-0.25, -0.2) is 0 Å². The maximum atomic E-state index is 13.1. The molecule has 1 aromatic rings. The predicted octanol–water partition coefficient (Wildman–Crippen LogP) is 2.96. The van der Waals surface area contributed by atoms with Gasteiger partial charge in [-0.2, -0.15) is 0 Å². The molecule has 0 aliphatic carbocycles. The molecule has 24 heavy (non-hydrogen) atoms. The molecular weight excluding hydrogens is 324 g/mol. The molecule has 0 aromatic heterocycles. The Morgan fingerprint density at radius 2 is 1.88 bits per heavy atom. The molecular formula is C19H29ClN2O2. The number of ether oxygens (including phenoxy) is 1.